The molecule has 0 aliphatic carbocycles. The lowest BCUT2D eigenvalue weighted by Gasteiger charge is -2.13. The van der Waals surface area contributed by atoms with Crippen molar-refractivity contribution < 1.29 is 18.1 Å². The molecule has 0 atom stereocenters. The highest BCUT2D eigenvalue weighted by molar-refractivity contribution is 7.92. The zero-order chi connectivity index (χ0) is 17.9. The van der Waals surface area contributed by atoms with Crippen LogP contribution in [0.4, 0.5) is 11.4 Å². The number of nitro benzene ring substituents is 1. The summed E-state index contributed by atoms with van der Waals surface area (Å²) in [6.07, 6.45) is 0.613. The van der Waals surface area contributed by atoms with Crippen LogP contribution in [0.1, 0.15) is 18.1 Å². The Morgan fingerprint density at radius 3 is 2.54 bits per heavy atom. The zero-order valence-corrected chi connectivity index (χ0v) is 14.4. The van der Waals surface area contributed by atoms with Crippen LogP contribution in [0, 0.1) is 17.0 Å². The summed E-state index contributed by atoms with van der Waals surface area (Å²) in [5.41, 5.74) is 1.06. The predicted octanol–water partition coefficient (Wildman–Crippen LogP) is 3.28. The van der Waals surface area contributed by atoms with Gasteiger partial charge >= 0.3 is 0 Å². The largest absolute Gasteiger partial charge is 0.496 e. The molecule has 2 rings (SSSR count). The average molecular weight is 350 g/mol. The van der Waals surface area contributed by atoms with Gasteiger partial charge in [-0.05, 0) is 43.2 Å². The standard InChI is InChI=1S/C16H18N2O5S/c1-4-12-10-13(8-9-16(12)23-3)24(21,22)17-14-6-5-7-15(11(14)2)18(19)20/h5-10,17H,4H2,1-3H3. The van der Waals surface area contributed by atoms with E-state index in [9.17, 15) is 18.5 Å². The van der Waals surface area contributed by atoms with E-state index >= 15 is 0 Å². The van der Waals surface area contributed by atoms with Gasteiger partial charge in [0.1, 0.15) is 5.75 Å². The van der Waals surface area contributed by atoms with Crippen LogP contribution in [0.5, 0.6) is 5.75 Å². The number of nitro groups is 1. The van der Waals surface area contributed by atoms with Crippen LogP contribution >= 0.6 is 0 Å². The number of methoxy groups -OCH3 is 1. The molecule has 2 aromatic carbocycles. The molecule has 0 aromatic heterocycles. The van der Waals surface area contributed by atoms with Gasteiger partial charge in [-0.3, -0.25) is 14.8 Å². The van der Waals surface area contributed by atoms with Crippen LogP contribution in [0.25, 0.3) is 0 Å². The number of hydrogen-bond donors (Lipinski definition) is 1. The molecule has 0 heterocycles. The molecule has 0 amide bonds. The first-order valence-corrected chi connectivity index (χ1v) is 8.72. The van der Waals surface area contributed by atoms with Gasteiger partial charge in [-0.2, -0.15) is 0 Å². The Bertz CT molecular complexity index is 878. The predicted molar refractivity (Wildman–Crippen MR) is 91.0 cm³/mol. The first-order valence-electron chi connectivity index (χ1n) is 7.24. The third kappa shape index (κ3) is 3.48. The van der Waals surface area contributed by atoms with Gasteiger partial charge in [-0.15, -0.1) is 0 Å². The molecular formula is C16H18N2O5S. The van der Waals surface area contributed by atoms with Crippen LogP contribution in [0.2, 0.25) is 0 Å². The van der Waals surface area contributed by atoms with Crippen molar-refractivity contribution in [3.8, 4) is 5.75 Å². The van der Waals surface area contributed by atoms with Gasteiger partial charge < -0.3 is 4.74 Å². The van der Waals surface area contributed by atoms with E-state index in [1.165, 1.54) is 44.4 Å². The van der Waals surface area contributed by atoms with E-state index in [1.807, 2.05) is 6.92 Å². The number of nitrogens with one attached hydrogen (secondary N) is 1. The Kier molecular flexibility index (Phi) is 5.08. The lowest BCUT2D eigenvalue weighted by atomic mass is 10.1. The molecule has 0 saturated carbocycles. The van der Waals surface area contributed by atoms with E-state index in [-0.39, 0.29) is 21.8 Å². The second kappa shape index (κ2) is 6.88. The Balaban J connectivity index is 2.43. The molecule has 0 spiro atoms. The number of rotatable bonds is 6. The van der Waals surface area contributed by atoms with E-state index in [2.05, 4.69) is 4.72 Å². The Hall–Kier alpha value is -2.61. The first-order chi connectivity index (χ1) is 11.3. The van der Waals surface area contributed by atoms with Gasteiger partial charge in [0.2, 0.25) is 0 Å². The van der Waals surface area contributed by atoms with Crippen molar-refractivity contribution in [2.24, 2.45) is 0 Å². The summed E-state index contributed by atoms with van der Waals surface area (Å²) in [6, 6.07) is 8.82. The summed E-state index contributed by atoms with van der Waals surface area (Å²) in [5.74, 6) is 0.614. The number of sulfonamides is 1. The normalized spacial score (nSPS) is 11.1. The smallest absolute Gasteiger partial charge is 0.274 e. The monoisotopic (exact) mass is 350 g/mol. The van der Waals surface area contributed by atoms with Crippen molar-refractivity contribution in [2.75, 3.05) is 11.8 Å². The van der Waals surface area contributed by atoms with Crippen molar-refractivity contribution in [3.05, 3.63) is 57.6 Å². The molecule has 8 heteroatoms. The number of ether oxygens (including phenoxy) is 1. The minimum atomic E-state index is -3.86. The van der Waals surface area contributed by atoms with E-state index in [1.54, 1.807) is 6.07 Å². The third-order valence-electron chi connectivity index (χ3n) is 3.69. The summed E-state index contributed by atoms with van der Waals surface area (Å²) in [7, 11) is -2.34. The fourth-order valence-corrected chi connectivity index (χ4v) is 3.51. The number of aryl methyl sites for hydroxylation is 1. The number of anilines is 1. The van der Waals surface area contributed by atoms with Crippen LogP contribution in [0.3, 0.4) is 0 Å². The van der Waals surface area contributed by atoms with Crippen molar-refractivity contribution in [3.63, 3.8) is 0 Å². The highest BCUT2D eigenvalue weighted by Crippen LogP contribution is 2.28. The molecule has 7 nitrogen and oxygen atoms in total. The molecule has 2 aromatic rings. The maximum Gasteiger partial charge on any atom is 0.274 e. The summed E-state index contributed by atoms with van der Waals surface area (Å²) in [6.45, 7) is 3.40. The van der Waals surface area contributed by atoms with E-state index in [4.69, 9.17) is 4.74 Å². The van der Waals surface area contributed by atoms with Crippen LogP contribution in [0.15, 0.2) is 41.3 Å². The van der Waals surface area contributed by atoms with E-state index in [0.29, 0.717) is 12.2 Å². The van der Waals surface area contributed by atoms with Crippen molar-refractivity contribution in [2.45, 2.75) is 25.2 Å². The van der Waals surface area contributed by atoms with Crippen LogP contribution in [-0.4, -0.2) is 20.5 Å². The van der Waals surface area contributed by atoms with Crippen molar-refractivity contribution in [1.29, 1.82) is 0 Å². The summed E-state index contributed by atoms with van der Waals surface area (Å²) < 4.78 is 32.8. The quantitative estimate of drug-likeness (QED) is 0.637. The van der Waals surface area contributed by atoms with Gasteiger partial charge in [-0.1, -0.05) is 13.0 Å². The SMILES string of the molecule is CCc1cc(S(=O)(=O)Nc2cccc([N+](=O)[O-])c2C)ccc1OC. The molecule has 24 heavy (non-hydrogen) atoms. The van der Waals surface area contributed by atoms with Crippen molar-refractivity contribution in [1.82, 2.24) is 0 Å². The molecular weight excluding hydrogens is 332 g/mol. The Labute approximate surface area is 140 Å². The fourth-order valence-electron chi connectivity index (χ4n) is 2.33. The molecule has 0 radical (unpaired) electrons. The highest BCUT2D eigenvalue weighted by atomic mass is 32.2. The summed E-state index contributed by atoms with van der Waals surface area (Å²) >= 11 is 0. The van der Waals surface area contributed by atoms with Gasteiger partial charge in [-0.25, -0.2) is 8.42 Å². The number of nitrogens with zero attached hydrogens (tertiary/aromatic N) is 1. The van der Waals surface area contributed by atoms with E-state index in [0.717, 1.165) is 5.56 Å². The number of hydrogen-bond acceptors (Lipinski definition) is 5. The molecule has 0 saturated heterocycles. The molecule has 0 bridgehead atoms. The molecule has 0 aliphatic heterocycles. The summed E-state index contributed by atoms with van der Waals surface area (Å²) in [4.78, 5) is 10.5. The van der Waals surface area contributed by atoms with Crippen LogP contribution < -0.4 is 9.46 Å². The van der Waals surface area contributed by atoms with Gasteiger partial charge in [0.15, 0.2) is 0 Å². The second-order valence-corrected chi connectivity index (χ2v) is 6.82. The minimum Gasteiger partial charge on any atom is -0.496 e. The second-order valence-electron chi connectivity index (χ2n) is 5.14. The molecule has 0 unspecified atom stereocenters. The zero-order valence-electron chi connectivity index (χ0n) is 13.6. The average Bonchev–Trinajstić information content (AvgIpc) is 2.55. The fraction of sp³-hybridized carbons (Fsp3) is 0.250. The summed E-state index contributed by atoms with van der Waals surface area (Å²) in [5, 5.41) is 11.0. The van der Waals surface area contributed by atoms with Crippen molar-refractivity contribution >= 4 is 21.4 Å². The van der Waals surface area contributed by atoms with Gasteiger partial charge in [0.25, 0.3) is 15.7 Å². The van der Waals surface area contributed by atoms with E-state index < -0.39 is 14.9 Å². The Morgan fingerprint density at radius 1 is 1.25 bits per heavy atom. The van der Waals surface area contributed by atoms with Gasteiger partial charge in [0.05, 0.1) is 28.2 Å². The lowest BCUT2D eigenvalue weighted by molar-refractivity contribution is -0.385. The maximum atomic E-state index is 12.6. The lowest BCUT2D eigenvalue weighted by Crippen LogP contribution is -2.14. The molecule has 0 fully saturated rings. The maximum absolute atomic E-state index is 12.6. The third-order valence-corrected chi connectivity index (χ3v) is 5.05. The topological polar surface area (TPSA) is 98.5 Å². The number of benzene rings is 2. The minimum absolute atomic E-state index is 0.0751. The highest BCUT2D eigenvalue weighted by Gasteiger charge is 2.20. The Morgan fingerprint density at radius 2 is 1.96 bits per heavy atom. The molecule has 0 aliphatic rings. The van der Waals surface area contributed by atoms with Crippen LogP contribution in [-0.2, 0) is 16.4 Å². The molecule has 1 N–H and O–H groups in total. The van der Waals surface area contributed by atoms with Gasteiger partial charge in [0, 0.05) is 6.07 Å². The first kappa shape index (κ1) is 17.7. The molecule has 128 valence electrons.